The van der Waals surface area contributed by atoms with Gasteiger partial charge in [-0.1, -0.05) is 4.98 Å². The van der Waals surface area contributed by atoms with Crippen LogP contribution in [0.25, 0.3) is 16.8 Å². The Morgan fingerprint density at radius 2 is 1.63 bits per heavy atom. The van der Waals surface area contributed by atoms with Crippen LogP contribution in [0.1, 0.15) is 29.7 Å². The zero-order valence-corrected chi connectivity index (χ0v) is 25.5. The second kappa shape index (κ2) is 12.5. The van der Waals surface area contributed by atoms with Crippen LogP contribution in [0.2, 0.25) is 0 Å². The fourth-order valence-electron chi connectivity index (χ4n) is 5.18. The quantitative estimate of drug-likeness (QED) is 0.0519. The molecule has 248 valence electrons. The number of hydrogen-bond acceptors (Lipinski definition) is 14. The summed E-state index contributed by atoms with van der Waals surface area (Å²) in [7, 11) is -10.7. The van der Waals surface area contributed by atoms with Gasteiger partial charge < -0.3 is 39.7 Å². The van der Waals surface area contributed by atoms with Crippen molar-refractivity contribution in [2.75, 3.05) is 13.2 Å². The van der Waals surface area contributed by atoms with Crippen LogP contribution < -0.4 is 9.13 Å². The number of imidazole rings is 2. The summed E-state index contributed by atoms with van der Waals surface area (Å²) in [4.78, 5) is 43.3. The van der Waals surface area contributed by atoms with Crippen molar-refractivity contribution in [3.63, 3.8) is 0 Å². The number of aromatic nitrogens is 6. The minimum atomic E-state index is -5.35. The second-order valence-electron chi connectivity index (χ2n) is 10.6. The summed E-state index contributed by atoms with van der Waals surface area (Å²) in [6, 6.07) is 3.05. The Morgan fingerprint density at radius 3 is 2.28 bits per heavy atom. The van der Waals surface area contributed by atoms with Gasteiger partial charge in [0.15, 0.2) is 42.6 Å². The van der Waals surface area contributed by atoms with E-state index in [1.165, 1.54) is 53.2 Å². The maximum Gasteiger partial charge on any atom is 0.481 e. The summed E-state index contributed by atoms with van der Waals surface area (Å²) in [5, 5.41) is 42.0. The van der Waals surface area contributed by atoms with Crippen LogP contribution in [0.3, 0.4) is 0 Å². The number of fused-ring (bicyclic) bond motifs is 3. The van der Waals surface area contributed by atoms with Crippen molar-refractivity contribution in [2.45, 2.75) is 56.0 Å². The number of aliphatic hydroxyl groups excluding tert-OH is 4. The van der Waals surface area contributed by atoms with Gasteiger partial charge in [-0.25, -0.2) is 18.7 Å². The summed E-state index contributed by atoms with van der Waals surface area (Å²) in [5.74, 6) is -0.261. The molecule has 7 N–H and O–H groups in total. The maximum atomic E-state index is 12.5. The van der Waals surface area contributed by atoms with Gasteiger partial charge in [-0.3, -0.25) is 23.2 Å². The number of aromatic amines is 1. The van der Waals surface area contributed by atoms with Crippen LogP contribution in [0.4, 0.5) is 0 Å². The molecular weight excluding hydrogens is 658 g/mol. The van der Waals surface area contributed by atoms with Gasteiger partial charge in [0.2, 0.25) is 11.7 Å². The predicted molar refractivity (Wildman–Crippen MR) is 146 cm³/mol. The molecule has 0 aliphatic carbocycles. The highest BCUT2D eigenvalue weighted by Gasteiger charge is 2.50. The lowest BCUT2D eigenvalue weighted by Gasteiger charge is -2.20. The van der Waals surface area contributed by atoms with E-state index in [0.29, 0.717) is 22.4 Å². The summed E-state index contributed by atoms with van der Waals surface area (Å²) in [6.07, 6.45) is -2.50. The van der Waals surface area contributed by atoms with Crippen LogP contribution in [-0.2, 0) is 32.0 Å². The highest BCUT2D eigenvalue weighted by molar-refractivity contribution is 7.61. The number of H-pyrrole nitrogens is 1. The molecule has 0 bridgehead atoms. The van der Waals surface area contributed by atoms with E-state index in [2.05, 4.69) is 19.3 Å². The van der Waals surface area contributed by atoms with Crippen LogP contribution in [0.15, 0.2) is 49.6 Å². The van der Waals surface area contributed by atoms with E-state index in [-0.39, 0.29) is 5.78 Å². The molecule has 0 saturated carbocycles. The molecule has 6 heterocycles. The second-order valence-corrected chi connectivity index (χ2v) is 13.6. The number of ketones is 1. The first-order chi connectivity index (χ1) is 21.7. The molecular formula is C24H30N6O14P2+2. The van der Waals surface area contributed by atoms with Crippen molar-refractivity contribution in [3.8, 4) is 0 Å². The monoisotopic (exact) mass is 688 g/mol. The van der Waals surface area contributed by atoms with E-state index in [9.17, 15) is 44.1 Å². The van der Waals surface area contributed by atoms with Gasteiger partial charge in [0.05, 0.1) is 18.8 Å². The zero-order valence-electron chi connectivity index (χ0n) is 23.7. The standard InChI is InChI=1S/C24H28N6O14P2/c1-12(31)13-3-2-5-28(7-13)23-19(34)17(32)14(42-23)8-40-45(36,37)44-46(38,39)41-9-15-18(33)20(35)24(43-15)30-11-26-16-21-25-4-6-29(21)10-27-22(16)30/h2-7,10-11,14-15,17-20,23-24,32-35H,8-9H2,1H3,(H-,36,37,38,39)/p+2/t14-,15-,17+,18+,19?,20?,23-,24-/m1/s1. The molecule has 0 aromatic carbocycles. The Morgan fingerprint density at radius 1 is 1.00 bits per heavy atom. The third-order valence-electron chi connectivity index (χ3n) is 7.49. The molecule has 0 radical (unpaired) electrons. The normalized spacial score (nSPS) is 30.9. The summed E-state index contributed by atoms with van der Waals surface area (Å²) in [5.41, 5.74) is 1.66. The van der Waals surface area contributed by atoms with E-state index in [1.54, 1.807) is 16.8 Å². The topological polar surface area (TPSA) is 272 Å². The smallest absolute Gasteiger partial charge is 0.387 e. The summed E-state index contributed by atoms with van der Waals surface area (Å²) >= 11 is 0. The molecule has 2 aliphatic heterocycles. The predicted octanol–water partition coefficient (Wildman–Crippen LogP) is -1.82. The van der Waals surface area contributed by atoms with Gasteiger partial charge in [0.25, 0.3) is 6.23 Å². The average Bonchev–Trinajstić information content (AvgIpc) is 3.77. The number of Topliss-reactive ketones (excluding diaryl/α,β-unsaturated/α-hetero) is 1. The molecule has 4 aromatic heterocycles. The van der Waals surface area contributed by atoms with Gasteiger partial charge in [0, 0.05) is 18.5 Å². The lowest BCUT2D eigenvalue weighted by molar-refractivity contribution is -0.765. The number of phosphoric ester groups is 2. The van der Waals surface area contributed by atoms with Crippen LogP contribution >= 0.6 is 15.6 Å². The molecule has 6 rings (SSSR count). The highest BCUT2D eigenvalue weighted by atomic mass is 31.3. The Kier molecular flexibility index (Phi) is 8.94. The van der Waals surface area contributed by atoms with E-state index < -0.39 is 77.9 Å². The van der Waals surface area contributed by atoms with E-state index in [1.807, 2.05) is 0 Å². The molecule has 4 unspecified atom stereocenters. The fourth-order valence-corrected chi connectivity index (χ4v) is 7.27. The fraction of sp³-hybridized carbons (Fsp3) is 0.458. The lowest BCUT2D eigenvalue weighted by Crippen LogP contribution is -2.46. The van der Waals surface area contributed by atoms with Gasteiger partial charge in [-0.2, -0.15) is 8.88 Å². The van der Waals surface area contributed by atoms with Crippen molar-refractivity contribution < 1.29 is 76.1 Å². The largest absolute Gasteiger partial charge is 0.481 e. The van der Waals surface area contributed by atoms with E-state index in [0.717, 1.165) is 0 Å². The average molecular weight is 688 g/mol. The number of pyridine rings is 1. The molecule has 0 spiro atoms. The van der Waals surface area contributed by atoms with Crippen molar-refractivity contribution in [1.82, 2.24) is 19.4 Å². The van der Waals surface area contributed by atoms with Crippen molar-refractivity contribution in [1.29, 1.82) is 0 Å². The molecule has 2 saturated heterocycles. The molecule has 46 heavy (non-hydrogen) atoms. The van der Waals surface area contributed by atoms with Crippen LogP contribution in [0, 0.1) is 0 Å². The molecule has 22 heteroatoms. The van der Waals surface area contributed by atoms with E-state index in [4.69, 9.17) is 18.5 Å². The number of phosphoric acid groups is 2. The number of rotatable bonds is 11. The number of ether oxygens (including phenoxy) is 2. The molecule has 20 nitrogen and oxygen atoms in total. The van der Waals surface area contributed by atoms with E-state index >= 15 is 0 Å². The number of carbonyl (C=O) groups excluding carboxylic acids is 1. The van der Waals surface area contributed by atoms with Gasteiger partial charge in [-0.05, 0) is 13.0 Å². The zero-order chi connectivity index (χ0) is 33.0. The molecule has 0 amide bonds. The Labute approximate surface area is 258 Å². The summed E-state index contributed by atoms with van der Waals surface area (Å²) in [6.45, 7) is -0.393. The van der Waals surface area contributed by atoms with Gasteiger partial charge >= 0.3 is 21.3 Å². The third-order valence-corrected chi connectivity index (χ3v) is 10.1. The van der Waals surface area contributed by atoms with Crippen molar-refractivity contribution in [3.05, 3.63) is 55.1 Å². The molecule has 2 aliphatic rings. The third kappa shape index (κ3) is 6.41. The highest BCUT2D eigenvalue weighted by Crippen LogP contribution is 2.60. The molecule has 2 fully saturated rings. The SMILES string of the molecule is CC(=O)c1ccc[n+]([C@@H]2O[C@H](COP(=O)(O)OP(=O)(O)OC[C@H]3O[C@@H]([n+]4c[nH]c5c6nccn6cnc54)C(O)[C@H]3O)[C@H](O)C2O)c1. The Hall–Kier alpha value is -3.07. The number of nitrogens with one attached hydrogen (secondary N) is 1. The minimum absolute atomic E-state index is 0.261. The Balaban J connectivity index is 1.04. The number of nitrogens with zero attached hydrogens (tertiary/aromatic N) is 5. The van der Waals surface area contributed by atoms with Crippen LogP contribution in [-0.4, -0.2) is 105 Å². The first-order valence-electron chi connectivity index (χ1n) is 13.7. The van der Waals surface area contributed by atoms with Crippen molar-refractivity contribution in [2.24, 2.45) is 0 Å². The minimum Gasteiger partial charge on any atom is -0.387 e. The molecule has 4 aromatic rings. The first kappa shape index (κ1) is 32.9. The summed E-state index contributed by atoms with van der Waals surface area (Å²) < 4.78 is 54.4. The van der Waals surface area contributed by atoms with Gasteiger partial charge in [-0.15, -0.1) is 0 Å². The number of hydrogen-bond donors (Lipinski definition) is 7. The maximum absolute atomic E-state index is 12.5. The first-order valence-corrected chi connectivity index (χ1v) is 16.6. The van der Waals surface area contributed by atoms with Crippen molar-refractivity contribution >= 4 is 38.2 Å². The van der Waals surface area contributed by atoms with Crippen LogP contribution in [0.5, 0.6) is 0 Å². The Bertz CT molecular complexity index is 1850. The molecule has 10 atom stereocenters. The van der Waals surface area contributed by atoms with Gasteiger partial charge in [0.1, 0.15) is 30.5 Å². The number of aliphatic hydroxyl groups is 4. The number of carbonyl (C=O) groups is 1. The lowest BCUT2D eigenvalue weighted by atomic mass is 10.1.